The van der Waals surface area contributed by atoms with E-state index in [1.54, 1.807) is 6.08 Å². The van der Waals surface area contributed by atoms with Crippen LogP contribution in [0.1, 0.15) is 15.9 Å². The molecule has 0 fully saturated rings. The zero-order valence-electron chi connectivity index (χ0n) is 8.89. The molecule has 0 saturated heterocycles. The summed E-state index contributed by atoms with van der Waals surface area (Å²) in [6, 6.07) is 15.6. The van der Waals surface area contributed by atoms with E-state index in [4.69, 9.17) is 0 Å². The van der Waals surface area contributed by atoms with Crippen LogP contribution in [0.4, 0.5) is 0 Å². The van der Waals surface area contributed by atoms with E-state index >= 15 is 0 Å². The van der Waals surface area contributed by atoms with Gasteiger partial charge in [0.1, 0.15) is 0 Å². The van der Waals surface area contributed by atoms with E-state index in [0.717, 1.165) is 23.0 Å². The summed E-state index contributed by atoms with van der Waals surface area (Å²) in [6.07, 6.45) is 2.69. The fourth-order valence-corrected chi connectivity index (χ4v) is 1.66. The lowest BCUT2D eigenvalue weighted by Gasteiger charge is -2.04. The van der Waals surface area contributed by atoms with Crippen molar-refractivity contribution in [2.75, 3.05) is 0 Å². The van der Waals surface area contributed by atoms with Gasteiger partial charge in [-0.05, 0) is 16.7 Å². The lowest BCUT2D eigenvalue weighted by Crippen LogP contribution is -1.86. The van der Waals surface area contributed by atoms with Crippen LogP contribution in [0.15, 0.2) is 55.1 Å². The molecule has 0 aliphatic carbocycles. The predicted octanol–water partition coefficient (Wildman–Crippen LogP) is 3.81. The fraction of sp³-hybridized carbons (Fsp3) is 0. The molecule has 0 aromatic heterocycles. The second-order valence-electron chi connectivity index (χ2n) is 3.53. The van der Waals surface area contributed by atoms with Crippen molar-refractivity contribution in [3.8, 4) is 11.1 Å². The second-order valence-corrected chi connectivity index (χ2v) is 3.53. The number of hydrogen-bond acceptors (Lipinski definition) is 1. The van der Waals surface area contributed by atoms with Crippen LogP contribution in [0.3, 0.4) is 0 Å². The lowest BCUT2D eigenvalue weighted by atomic mass is 9.99. The summed E-state index contributed by atoms with van der Waals surface area (Å²) in [5, 5.41) is 0. The van der Waals surface area contributed by atoms with Gasteiger partial charge < -0.3 is 0 Å². The Morgan fingerprint density at radius 3 is 2.25 bits per heavy atom. The molecule has 0 N–H and O–H groups in total. The molecular formula is C15H12O. The zero-order valence-corrected chi connectivity index (χ0v) is 8.89. The van der Waals surface area contributed by atoms with E-state index in [9.17, 15) is 4.79 Å². The van der Waals surface area contributed by atoms with E-state index in [2.05, 4.69) is 6.58 Å². The van der Waals surface area contributed by atoms with Gasteiger partial charge in [-0.3, -0.25) is 4.79 Å². The maximum Gasteiger partial charge on any atom is 0.150 e. The molecule has 0 radical (unpaired) electrons. The van der Waals surface area contributed by atoms with Crippen molar-refractivity contribution in [1.29, 1.82) is 0 Å². The Morgan fingerprint density at radius 2 is 1.62 bits per heavy atom. The largest absolute Gasteiger partial charge is 0.298 e. The molecule has 0 aliphatic heterocycles. The first-order chi connectivity index (χ1) is 7.85. The van der Waals surface area contributed by atoms with Gasteiger partial charge in [-0.25, -0.2) is 0 Å². The van der Waals surface area contributed by atoms with E-state index in [-0.39, 0.29) is 0 Å². The summed E-state index contributed by atoms with van der Waals surface area (Å²) >= 11 is 0. The number of benzene rings is 2. The first-order valence-electron chi connectivity index (χ1n) is 5.12. The minimum Gasteiger partial charge on any atom is -0.298 e. The molecule has 0 unspecified atom stereocenters. The van der Waals surface area contributed by atoms with Crippen molar-refractivity contribution in [1.82, 2.24) is 0 Å². The third-order valence-corrected chi connectivity index (χ3v) is 2.55. The van der Waals surface area contributed by atoms with Crippen LogP contribution < -0.4 is 0 Å². The van der Waals surface area contributed by atoms with Gasteiger partial charge in [-0.1, -0.05) is 61.2 Å². The van der Waals surface area contributed by atoms with Gasteiger partial charge in [0.25, 0.3) is 0 Å². The molecule has 0 amide bonds. The Labute approximate surface area is 95.1 Å². The van der Waals surface area contributed by atoms with Crippen LogP contribution in [-0.2, 0) is 0 Å². The minimum atomic E-state index is 0.717. The summed E-state index contributed by atoms with van der Waals surface area (Å²) in [6.45, 7) is 3.71. The second kappa shape index (κ2) is 4.58. The van der Waals surface area contributed by atoms with Crippen molar-refractivity contribution < 1.29 is 4.79 Å². The number of aldehydes is 1. The first kappa shape index (κ1) is 10.4. The maximum atomic E-state index is 10.9. The summed E-state index contributed by atoms with van der Waals surface area (Å²) in [5.74, 6) is 0. The van der Waals surface area contributed by atoms with Gasteiger partial charge in [-0.2, -0.15) is 0 Å². The maximum absolute atomic E-state index is 10.9. The van der Waals surface area contributed by atoms with Crippen LogP contribution >= 0.6 is 0 Å². The summed E-state index contributed by atoms with van der Waals surface area (Å²) in [5.41, 5.74) is 3.81. The third-order valence-electron chi connectivity index (χ3n) is 2.55. The molecule has 1 heteroatoms. The molecule has 78 valence electrons. The van der Waals surface area contributed by atoms with Crippen LogP contribution in [-0.4, -0.2) is 6.29 Å². The normalized spacial score (nSPS) is 9.75. The molecule has 0 spiro atoms. The Kier molecular flexibility index (Phi) is 2.97. The Hall–Kier alpha value is -2.15. The molecule has 1 nitrogen and oxygen atoms in total. The number of rotatable bonds is 3. The van der Waals surface area contributed by atoms with Gasteiger partial charge >= 0.3 is 0 Å². The highest BCUT2D eigenvalue weighted by Gasteiger charge is 2.02. The molecule has 2 aromatic rings. The lowest BCUT2D eigenvalue weighted by molar-refractivity contribution is 0.112. The number of carbonyl (C=O) groups excluding carboxylic acids is 1. The van der Waals surface area contributed by atoms with Crippen LogP contribution in [0.25, 0.3) is 17.2 Å². The van der Waals surface area contributed by atoms with E-state index in [1.807, 2.05) is 48.5 Å². The van der Waals surface area contributed by atoms with Gasteiger partial charge in [0.15, 0.2) is 6.29 Å². The monoisotopic (exact) mass is 208 g/mol. The average Bonchev–Trinajstić information content (AvgIpc) is 2.39. The van der Waals surface area contributed by atoms with E-state index < -0.39 is 0 Å². The van der Waals surface area contributed by atoms with E-state index in [0.29, 0.717) is 5.56 Å². The van der Waals surface area contributed by atoms with Crippen LogP contribution in [0.5, 0.6) is 0 Å². The summed E-state index contributed by atoms with van der Waals surface area (Å²) in [4.78, 5) is 10.9. The average molecular weight is 208 g/mol. The topological polar surface area (TPSA) is 17.1 Å². The highest BCUT2D eigenvalue weighted by atomic mass is 16.1. The molecule has 0 saturated carbocycles. The van der Waals surface area contributed by atoms with Crippen LogP contribution in [0.2, 0.25) is 0 Å². The quantitative estimate of drug-likeness (QED) is 0.701. The molecule has 0 atom stereocenters. The van der Waals surface area contributed by atoms with E-state index in [1.165, 1.54) is 0 Å². The Bertz CT molecular complexity index is 509. The van der Waals surface area contributed by atoms with Crippen LogP contribution in [0, 0.1) is 0 Å². The molecular weight excluding hydrogens is 196 g/mol. The SMILES string of the molecule is C=Cc1ccc(-c2ccccc2C=O)cc1. The van der Waals surface area contributed by atoms with Crippen molar-refractivity contribution in [3.05, 3.63) is 66.2 Å². The molecule has 0 bridgehead atoms. The Morgan fingerprint density at radius 1 is 0.938 bits per heavy atom. The number of carbonyl (C=O) groups is 1. The molecule has 0 heterocycles. The molecule has 2 aromatic carbocycles. The predicted molar refractivity (Wildman–Crippen MR) is 67.4 cm³/mol. The van der Waals surface area contributed by atoms with Crippen molar-refractivity contribution in [2.45, 2.75) is 0 Å². The highest BCUT2D eigenvalue weighted by Crippen LogP contribution is 2.22. The smallest absolute Gasteiger partial charge is 0.150 e. The Balaban J connectivity index is 2.49. The standard InChI is InChI=1S/C15H12O/c1-2-12-7-9-13(10-8-12)15-6-4-3-5-14(15)11-16/h2-11H,1H2. The van der Waals surface area contributed by atoms with Crippen molar-refractivity contribution in [2.24, 2.45) is 0 Å². The van der Waals surface area contributed by atoms with Gasteiger partial charge in [0.05, 0.1) is 0 Å². The van der Waals surface area contributed by atoms with Gasteiger partial charge in [0.2, 0.25) is 0 Å². The molecule has 0 aliphatic rings. The summed E-state index contributed by atoms with van der Waals surface area (Å²) < 4.78 is 0. The fourth-order valence-electron chi connectivity index (χ4n) is 1.66. The third kappa shape index (κ3) is 1.94. The van der Waals surface area contributed by atoms with Gasteiger partial charge in [0, 0.05) is 5.56 Å². The molecule has 16 heavy (non-hydrogen) atoms. The summed E-state index contributed by atoms with van der Waals surface area (Å²) in [7, 11) is 0. The molecule has 2 rings (SSSR count). The van der Waals surface area contributed by atoms with Crippen molar-refractivity contribution >= 4 is 12.4 Å². The first-order valence-corrected chi connectivity index (χ1v) is 5.12. The van der Waals surface area contributed by atoms with Crippen molar-refractivity contribution in [3.63, 3.8) is 0 Å². The zero-order chi connectivity index (χ0) is 11.4. The highest BCUT2D eigenvalue weighted by molar-refractivity contribution is 5.87. The van der Waals surface area contributed by atoms with Gasteiger partial charge in [-0.15, -0.1) is 0 Å². The number of hydrogen-bond donors (Lipinski definition) is 0. The minimum absolute atomic E-state index is 0.717.